The summed E-state index contributed by atoms with van der Waals surface area (Å²) in [4.78, 5) is 12.0. The minimum atomic E-state index is -2.93. The third-order valence-electron chi connectivity index (χ3n) is 3.50. The zero-order valence-corrected chi connectivity index (χ0v) is 14.0. The Morgan fingerprint density at radius 3 is 2.65 bits per heavy atom. The van der Waals surface area contributed by atoms with E-state index in [2.05, 4.69) is 21.2 Å². The SMILES string of the molecule is Cc1cc(C)c(NC(=O)CC2CCS(=O)(=O)C2)c(Br)c1. The number of aryl methyl sites for hydroxylation is 2. The van der Waals surface area contributed by atoms with Crippen molar-refractivity contribution in [3.63, 3.8) is 0 Å². The highest BCUT2D eigenvalue weighted by Gasteiger charge is 2.29. The Hall–Kier alpha value is -0.880. The van der Waals surface area contributed by atoms with Gasteiger partial charge in [0, 0.05) is 10.9 Å². The fourth-order valence-electron chi connectivity index (χ4n) is 2.56. The molecule has 2 rings (SSSR count). The predicted octanol–water partition coefficient (Wildman–Crippen LogP) is 2.83. The quantitative estimate of drug-likeness (QED) is 0.902. The topological polar surface area (TPSA) is 63.2 Å². The van der Waals surface area contributed by atoms with Crippen molar-refractivity contribution >= 4 is 37.4 Å². The predicted molar refractivity (Wildman–Crippen MR) is 83.6 cm³/mol. The summed E-state index contributed by atoms with van der Waals surface area (Å²) >= 11 is 3.45. The Morgan fingerprint density at radius 2 is 2.10 bits per heavy atom. The monoisotopic (exact) mass is 359 g/mol. The van der Waals surface area contributed by atoms with Crippen molar-refractivity contribution < 1.29 is 13.2 Å². The Kier molecular flexibility index (Phi) is 4.54. The molecule has 1 N–H and O–H groups in total. The first-order chi connectivity index (χ1) is 9.27. The molecule has 1 heterocycles. The Bertz CT molecular complexity index is 617. The molecule has 0 radical (unpaired) electrons. The number of hydrogen-bond acceptors (Lipinski definition) is 3. The van der Waals surface area contributed by atoms with E-state index in [1.54, 1.807) is 0 Å². The van der Waals surface area contributed by atoms with Gasteiger partial charge in [-0.3, -0.25) is 4.79 Å². The van der Waals surface area contributed by atoms with Crippen LogP contribution in [0, 0.1) is 19.8 Å². The maximum atomic E-state index is 12.0. The molecule has 1 aromatic carbocycles. The van der Waals surface area contributed by atoms with E-state index in [9.17, 15) is 13.2 Å². The molecule has 1 unspecified atom stereocenters. The molecule has 20 heavy (non-hydrogen) atoms. The molecule has 4 nitrogen and oxygen atoms in total. The minimum Gasteiger partial charge on any atom is -0.325 e. The fraction of sp³-hybridized carbons (Fsp3) is 0.500. The van der Waals surface area contributed by atoms with Crippen molar-refractivity contribution in [1.29, 1.82) is 0 Å². The summed E-state index contributed by atoms with van der Waals surface area (Å²) in [5, 5.41) is 2.88. The van der Waals surface area contributed by atoms with Gasteiger partial charge in [0.05, 0.1) is 17.2 Å². The molecule has 0 saturated carbocycles. The summed E-state index contributed by atoms with van der Waals surface area (Å²) in [5.41, 5.74) is 2.87. The standard InChI is InChI=1S/C14H18BrNO3S/c1-9-5-10(2)14(12(15)6-9)16-13(17)7-11-3-4-20(18,19)8-11/h5-6,11H,3-4,7-8H2,1-2H3,(H,16,17). The van der Waals surface area contributed by atoms with Crippen molar-refractivity contribution in [3.8, 4) is 0 Å². The molecular weight excluding hydrogens is 342 g/mol. The van der Waals surface area contributed by atoms with E-state index in [0.717, 1.165) is 21.3 Å². The lowest BCUT2D eigenvalue weighted by molar-refractivity contribution is -0.116. The van der Waals surface area contributed by atoms with Crippen molar-refractivity contribution in [3.05, 3.63) is 27.7 Å². The number of halogens is 1. The second kappa shape index (κ2) is 5.85. The Balaban J connectivity index is 2.02. The summed E-state index contributed by atoms with van der Waals surface area (Å²) in [6.45, 7) is 3.93. The van der Waals surface area contributed by atoms with Gasteiger partial charge < -0.3 is 5.32 Å². The lowest BCUT2D eigenvalue weighted by Gasteiger charge is -2.13. The molecule has 1 aliphatic heterocycles. The second-order valence-electron chi connectivity index (χ2n) is 5.46. The number of amides is 1. The number of anilines is 1. The first-order valence-electron chi connectivity index (χ1n) is 6.54. The van der Waals surface area contributed by atoms with Crippen LogP contribution in [-0.2, 0) is 14.6 Å². The maximum Gasteiger partial charge on any atom is 0.224 e. The molecule has 1 fully saturated rings. The third-order valence-corrected chi connectivity index (χ3v) is 5.96. The average molecular weight is 360 g/mol. The smallest absolute Gasteiger partial charge is 0.224 e. The fourth-order valence-corrected chi connectivity index (χ4v) is 5.19. The van der Waals surface area contributed by atoms with Gasteiger partial charge in [0.2, 0.25) is 5.91 Å². The second-order valence-corrected chi connectivity index (χ2v) is 8.54. The van der Waals surface area contributed by atoms with Crippen LogP contribution < -0.4 is 5.32 Å². The van der Waals surface area contributed by atoms with Crippen LogP contribution in [0.3, 0.4) is 0 Å². The van der Waals surface area contributed by atoms with Crippen molar-refractivity contribution in [2.45, 2.75) is 26.7 Å². The van der Waals surface area contributed by atoms with E-state index in [-0.39, 0.29) is 29.8 Å². The van der Waals surface area contributed by atoms with Crippen molar-refractivity contribution in [2.75, 3.05) is 16.8 Å². The highest BCUT2D eigenvalue weighted by molar-refractivity contribution is 9.10. The van der Waals surface area contributed by atoms with Crippen LogP contribution in [0.5, 0.6) is 0 Å². The maximum absolute atomic E-state index is 12.0. The van der Waals surface area contributed by atoms with E-state index >= 15 is 0 Å². The van der Waals surface area contributed by atoms with E-state index in [1.807, 2.05) is 26.0 Å². The highest BCUT2D eigenvalue weighted by atomic mass is 79.9. The van der Waals surface area contributed by atoms with Gasteiger partial charge >= 0.3 is 0 Å². The molecule has 0 spiro atoms. The van der Waals surface area contributed by atoms with Crippen LogP contribution in [0.2, 0.25) is 0 Å². The van der Waals surface area contributed by atoms with Crippen LogP contribution in [-0.4, -0.2) is 25.8 Å². The number of hydrogen-bond donors (Lipinski definition) is 1. The van der Waals surface area contributed by atoms with Gasteiger partial charge in [-0.1, -0.05) is 6.07 Å². The van der Waals surface area contributed by atoms with Crippen LogP contribution in [0.4, 0.5) is 5.69 Å². The van der Waals surface area contributed by atoms with Gasteiger partial charge in [-0.15, -0.1) is 0 Å². The summed E-state index contributed by atoms with van der Waals surface area (Å²) < 4.78 is 23.6. The largest absolute Gasteiger partial charge is 0.325 e. The number of carbonyl (C=O) groups excluding carboxylic acids is 1. The first kappa shape index (κ1) is 15.5. The van der Waals surface area contributed by atoms with Crippen LogP contribution in [0.15, 0.2) is 16.6 Å². The van der Waals surface area contributed by atoms with Crippen molar-refractivity contribution in [2.24, 2.45) is 5.92 Å². The Labute approximate surface area is 128 Å². The van der Waals surface area contributed by atoms with Gasteiger partial charge in [-0.25, -0.2) is 8.42 Å². The van der Waals surface area contributed by atoms with Gasteiger partial charge in [-0.2, -0.15) is 0 Å². The lowest BCUT2D eigenvalue weighted by atomic mass is 10.0. The van der Waals surface area contributed by atoms with Crippen molar-refractivity contribution in [1.82, 2.24) is 0 Å². The molecule has 1 amide bonds. The minimum absolute atomic E-state index is 0.0514. The van der Waals surface area contributed by atoms with Gasteiger partial charge in [0.15, 0.2) is 9.84 Å². The van der Waals surface area contributed by atoms with E-state index < -0.39 is 9.84 Å². The number of carbonyl (C=O) groups is 1. The molecule has 1 aliphatic rings. The zero-order valence-electron chi connectivity index (χ0n) is 11.6. The number of rotatable bonds is 3. The van der Waals surface area contributed by atoms with Crippen LogP contribution in [0.1, 0.15) is 24.0 Å². The molecule has 0 aliphatic carbocycles. The molecule has 1 aromatic rings. The summed E-state index contributed by atoms with van der Waals surface area (Å²) in [5.74, 6) is 0.163. The molecule has 0 aromatic heterocycles. The van der Waals surface area contributed by atoms with E-state index in [0.29, 0.717) is 6.42 Å². The molecule has 1 atom stereocenters. The van der Waals surface area contributed by atoms with Crippen LogP contribution >= 0.6 is 15.9 Å². The van der Waals surface area contributed by atoms with Gasteiger partial charge in [0.1, 0.15) is 0 Å². The van der Waals surface area contributed by atoms with E-state index in [4.69, 9.17) is 0 Å². The summed E-state index contributed by atoms with van der Waals surface area (Å²) in [6, 6.07) is 3.95. The molecular formula is C14H18BrNO3S. The molecule has 0 bridgehead atoms. The zero-order chi connectivity index (χ0) is 14.9. The van der Waals surface area contributed by atoms with Gasteiger partial charge in [-0.05, 0) is 59.3 Å². The van der Waals surface area contributed by atoms with Crippen LogP contribution in [0.25, 0.3) is 0 Å². The molecule has 110 valence electrons. The highest BCUT2D eigenvalue weighted by Crippen LogP contribution is 2.29. The third kappa shape index (κ3) is 3.82. The lowest BCUT2D eigenvalue weighted by Crippen LogP contribution is -2.18. The number of nitrogens with one attached hydrogen (secondary N) is 1. The first-order valence-corrected chi connectivity index (χ1v) is 9.15. The summed E-state index contributed by atoms with van der Waals surface area (Å²) in [6.07, 6.45) is 0.850. The molecule has 1 saturated heterocycles. The summed E-state index contributed by atoms with van der Waals surface area (Å²) in [7, 11) is -2.93. The molecule has 6 heteroatoms. The number of sulfone groups is 1. The normalized spacial score (nSPS) is 20.9. The average Bonchev–Trinajstić information content (AvgIpc) is 2.63. The van der Waals surface area contributed by atoms with Gasteiger partial charge in [0.25, 0.3) is 0 Å². The number of benzene rings is 1. The Morgan fingerprint density at radius 1 is 1.40 bits per heavy atom. The van der Waals surface area contributed by atoms with E-state index in [1.165, 1.54) is 0 Å².